The predicted octanol–water partition coefficient (Wildman–Crippen LogP) is 1.05. The maximum absolute atomic E-state index is 11.2. The van der Waals surface area contributed by atoms with Crippen molar-refractivity contribution in [1.82, 2.24) is 10.3 Å². The molecule has 0 saturated carbocycles. The van der Waals surface area contributed by atoms with Crippen molar-refractivity contribution in [2.75, 3.05) is 31.1 Å². The van der Waals surface area contributed by atoms with Crippen LogP contribution in [0.5, 0.6) is 5.75 Å². The van der Waals surface area contributed by atoms with Crippen molar-refractivity contribution in [2.24, 2.45) is 0 Å². The molecule has 3 N–H and O–H groups in total. The second-order valence-corrected chi connectivity index (χ2v) is 4.74. The highest BCUT2D eigenvalue weighted by molar-refractivity contribution is 5.99. The molecule has 1 fully saturated rings. The van der Waals surface area contributed by atoms with Crippen molar-refractivity contribution in [2.45, 2.75) is 0 Å². The summed E-state index contributed by atoms with van der Waals surface area (Å²) in [7, 11) is 0. The SMILES string of the molecule is O=C(O)c1cc(N2CCNCC2)c2cccc(O)c2n1. The lowest BCUT2D eigenvalue weighted by Gasteiger charge is -2.30. The predicted molar refractivity (Wildman–Crippen MR) is 75.4 cm³/mol. The number of benzene rings is 1. The molecule has 6 heteroatoms. The molecule has 0 unspecified atom stereocenters. The van der Waals surface area contributed by atoms with E-state index in [9.17, 15) is 15.0 Å². The van der Waals surface area contributed by atoms with Crippen LogP contribution in [0.25, 0.3) is 10.9 Å². The lowest BCUT2D eigenvalue weighted by molar-refractivity contribution is 0.0691. The Morgan fingerprint density at radius 2 is 2.05 bits per heavy atom. The Morgan fingerprint density at radius 1 is 1.30 bits per heavy atom. The fourth-order valence-corrected chi connectivity index (χ4v) is 2.49. The zero-order chi connectivity index (χ0) is 14.1. The number of aromatic hydroxyl groups is 1. The van der Waals surface area contributed by atoms with Crippen molar-refractivity contribution in [3.63, 3.8) is 0 Å². The summed E-state index contributed by atoms with van der Waals surface area (Å²) in [4.78, 5) is 17.4. The van der Waals surface area contributed by atoms with Gasteiger partial charge in [0, 0.05) is 37.3 Å². The number of piperazine rings is 1. The highest BCUT2D eigenvalue weighted by Crippen LogP contribution is 2.31. The Balaban J connectivity index is 2.22. The largest absolute Gasteiger partial charge is 0.506 e. The van der Waals surface area contributed by atoms with E-state index in [0.717, 1.165) is 37.3 Å². The monoisotopic (exact) mass is 273 g/mol. The Bertz CT molecular complexity index is 666. The summed E-state index contributed by atoms with van der Waals surface area (Å²) in [6.45, 7) is 3.30. The standard InChI is InChI=1S/C14H15N3O3/c18-12-3-1-2-9-11(17-6-4-15-5-7-17)8-10(14(19)20)16-13(9)12/h1-3,8,15,18H,4-7H2,(H,19,20). The molecule has 0 radical (unpaired) electrons. The topological polar surface area (TPSA) is 85.7 Å². The van der Waals surface area contributed by atoms with Crippen molar-refractivity contribution in [1.29, 1.82) is 0 Å². The molecule has 2 heterocycles. The number of anilines is 1. The first-order valence-electron chi connectivity index (χ1n) is 6.48. The first kappa shape index (κ1) is 12.7. The normalized spacial score (nSPS) is 15.5. The summed E-state index contributed by atoms with van der Waals surface area (Å²) in [6, 6.07) is 6.69. The first-order valence-corrected chi connectivity index (χ1v) is 6.48. The maximum atomic E-state index is 11.2. The summed E-state index contributed by atoms with van der Waals surface area (Å²) in [5.41, 5.74) is 1.10. The molecule has 0 atom stereocenters. The van der Waals surface area contributed by atoms with Gasteiger partial charge in [0.25, 0.3) is 0 Å². The second kappa shape index (κ2) is 4.97. The van der Waals surface area contributed by atoms with E-state index in [-0.39, 0.29) is 11.4 Å². The third-order valence-electron chi connectivity index (χ3n) is 3.47. The molecule has 1 aromatic carbocycles. The van der Waals surface area contributed by atoms with Gasteiger partial charge >= 0.3 is 5.97 Å². The number of phenols is 1. The number of hydrogen-bond acceptors (Lipinski definition) is 5. The number of phenolic OH excluding ortho intramolecular Hbond substituents is 1. The summed E-state index contributed by atoms with van der Waals surface area (Å²) in [6.07, 6.45) is 0. The third kappa shape index (κ3) is 2.14. The number of nitrogens with zero attached hydrogens (tertiary/aromatic N) is 2. The molecular weight excluding hydrogens is 258 g/mol. The molecule has 0 aliphatic carbocycles. The summed E-state index contributed by atoms with van der Waals surface area (Å²) >= 11 is 0. The van der Waals surface area contributed by atoms with Crippen molar-refractivity contribution >= 4 is 22.6 Å². The van der Waals surface area contributed by atoms with Crippen molar-refractivity contribution in [3.8, 4) is 5.75 Å². The number of para-hydroxylation sites is 1. The molecular formula is C14H15N3O3. The van der Waals surface area contributed by atoms with Gasteiger partial charge in [-0.25, -0.2) is 9.78 Å². The number of carboxylic acids is 1. The van der Waals surface area contributed by atoms with Gasteiger partial charge in [-0.05, 0) is 12.1 Å². The molecule has 104 valence electrons. The molecule has 1 saturated heterocycles. The van der Waals surface area contributed by atoms with Gasteiger partial charge in [-0.2, -0.15) is 0 Å². The van der Waals surface area contributed by atoms with Crippen LogP contribution in [0.4, 0.5) is 5.69 Å². The van der Waals surface area contributed by atoms with E-state index < -0.39 is 5.97 Å². The lowest BCUT2D eigenvalue weighted by Crippen LogP contribution is -2.43. The molecule has 20 heavy (non-hydrogen) atoms. The molecule has 2 aromatic rings. The van der Waals surface area contributed by atoms with Crippen LogP contribution in [0, 0.1) is 0 Å². The van der Waals surface area contributed by atoms with Crippen LogP contribution >= 0.6 is 0 Å². The quantitative estimate of drug-likeness (QED) is 0.758. The third-order valence-corrected chi connectivity index (χ3v) is 3.47. The highest BCUT2D eigenvalue weighted by atomic mass is 16.4. The molecule has 0 spiro atoms. The number of carbonyl (C=O) groups is 1. The van der Waals surface area contributed by atoms with Gasteiger partial charge < -0.3 is 20.4 Å². The maximum Gasteiger partial charge on any atom is 0.354 e. The minimum atomic E-state index is -1.09. The van der Waals surface area contributed by atoms with E-state index in [1.54, 1.807) is 12.1 Å². The smallest absolute Gasteiger partial charge is 0.354 e. The molecule has 1 aromatic heterocycles. The van der Waals surface area contributed by atoms with E-state index in [1.807, 2.05) is 6.07 Å². The van der Waals surface area contributed by atoms with Gasteiger partial charge in [-0.1, -0.05) is 12.1 Å². The number of nitrogens with one attached hydrogen (secondary N) is 1. The van der Waals surface area contributed by atoms with Crippen LogP contribution in [0.1, 0.15) is 10.5 Å². The van der Waals surface area contributed by atoms with E-state index in [2.05, 4.69) is 15.2 Å². The number of aromatic carboxylic acids is 1. The fourth-order valence-electron chi connectivity index (χ4n) is 2.49. The Morgan fingerprint density at radius 3 is 2.75 bits per heavy atom. The number of aromatic nitrogens is 1. The Kier molecular flexibility index (Phi) is 3.15. The molecule has 0 amide bonds. The van der Waals surface area contributed by atoms with E-state index >= 15 is 0 Å². The van der Waals surface area contributed by atoms with Gasteiger partial charge in [0.2, 0.25) is 0 Å². The second-order valence-electron chi connectivity index (χ2n) is 4.74. The van der Waals surface area contributed by atoms with Crippen molar-refractivity contribution < 1.29 is 15.0 Å². The lowest BCUT2D eigenvalue weighted by atomic mass is 10.1. The molecule has 1 aliphatic heterocycles. The first-order chi connectivity index (χ1) is 9.66. The fraction of sp³-hybridized carbons (Fsp3) is 0.286. The van der Waals surface area contributed by atoms with Gasteiger partial charge in [-0.3, -0.25) is 0 Å². The number of hydrogen-bond donors (Lipinski definition) is 3. The number of fused-ring (bicyclic) bond motifs is 1. The van der Waals surface area contributed by atoms with Crippen molar-refractivity contribution in [3.05, 3.63) is 30.0 Å². The van der Waals surface area contributed by atoms with E-state index in [1.165, 1.54) is 6.07 Å². The number of pyridine rings is 1. The van der Waals surface area contributed by atoms with Gasteiger partial charge in [0.05, 0.1) is 0 Å². The van der Waals surface area contributed by atoms with Gasteiger partial charge in [0.15, 0.2) is 5.69 Å². The zero-order valence-electron chi connectivity index (χ0n) is 10.8. The van der Waals surface area contributed by atoms with E-state index in [0.29, 0.717) is 5.52 Å². The van der Waals surface area contributed by atoms with E-state index in [4.69, 9.17) is 0 Å². The van der Waals surface area contributed by atoms with Crippen LogP contribution in [0.2, 0.25) is 0 Å². The minimum Gasteiger partial charge on any atom is -0.506 e. The van der Waals surface area contributed by atoms with Gasteiger partial charge in [-0.15, -0.1) is 0 Å². The van der Waals surface area contributed by atoms with Crippen LogP contribution in [0.15, 0.2) is 24.3 Å². The summed E-state index contributed by atoms with van der Waals surface area (Å²) < 4.78 is 0. The van der Waals surface area contributed by atoms with Gasteiger partial charge in [0.1, 0.15) is 11.3 Å². The van der Waals surface area contributed by atoms with Crippen LogP contribution in [0.3, 0.4) is 0 Å². The average Bonchev–Trinajstić information content (AvgIpc) is 2.47. The summed E-state index contributed by atoms with van der Waals surface area (Å²) in [5, 5.41) is 23.1. The highest BCUT2D eigenvalue weighted by Gasteiger charge is 2.18. The molecule has 1 aliphatic rings. The summed E-state index contributed by atoms with van der Waals surface area (Å²) in [5.74, 6) is -1.09. The number of rotatable bonds is 2. The Labute approximate surface area is 115 Å². The van der Waals surface area contributed by atoms with Crippen LogP contribution < -0.4 is 10.2 Å². The average molecular weight is 273 g/mol. The zero-order valence-corrected chi connectivity index (χ0v) is 10.8. The van der Waals surface area contributed by atoms with Crippen LogP contribution in [-0.2, 0) is 0 Å². The molecule has 0 bridgehead atoms. The minimum absolute atomic E-state index is 0.00184. The molecule has 3 rings (SSSR count). The van der Waals surface area contributed by atoms with Crippen LogP contribution in [-0.4, -0.2) is 47.3 Å². The Hall–Kier alpha value is -2.34. The molecule has 6 nitrogen and oxygen atoms in total. The number of carboxylic acid groups (broad SMARTS) is 1.